The minimum absolute atomic E-state index is 0.0927. The van der Waals surface area contributed by atoms with Gasteiger partial charge in [-0.15, -0.1) is 0 Å². The van der Waals surface area contributed by atoms with Gasteiger partial charge in [0.15, 0.2) is 15.5 Å². The lowest BCUT2D eigenvalue weighted by molar-refractivity contribution is -0.143. The second kappa shape index (κ2) is 9.55. The molecule has 1 aliphatic carbocycles. The van der Waals surface area contributed by atoms with Gasteiger partial charge in [0.05, 0.1) is 27.0 Å². The Labute approximate surface area is 213 Å². The first-order valence-electron chi connectivity index (χ1n) is 11.5. The van der Waals surface area contributed by atoms with E-state index < -0.39 is 15.8 Å². The van der Waals surface area contributed by atoms with Gasteiger partial charge in [0, 0.05) is 11.8 Å². The molecule has 0 spiro atoms. The van der Waals surface area contributed by atoms with E-state index in [1.54, 1.807) is 24.3 Å². The van der Waals surface area contributed by atoms with Crippen molar-refractivity contribution in [2.75, 3.05) is 6.26 Å². The number of aromatic nitrogens is 3. The van der Waals surface area contributed by atoms with E-state index in [0.29, 0.717) is 53.6 Å². The molecule has 0 aliphatic heterocycles. The highest BCUT2D eigenvalue weighted by Crippen LogP contribution is 2.32. The number of benzene rings is 2. The average Bonchev–Trinajstić information content (AvgIpc) is 3.24. The molecule has 2 aromatic carbocycles. The number of ether oxygens (including phenoxy) is 1. The fourth-order valence-corrected chi connectivity index (χ4v) is 5.39. The van der Waals surface area contributed by atoms with E-state index in [1.807, 2.05) is 30.3 Å². The molecule has 1 fully saturated rings. The van der Waals surface area contributed by atoms with E-state index in [2.05, 4.69) is 15.0 Å². The molecule has 2 N–H and O–H groups in total. The van der Waals surface area contributed by atoms with Crippen molar-refractivity contribution >= 4 is 38.6 Å². The number of carboxylic acid groups (broad SMARTS) is 1. The number of hydrogen-bond acceptors (Lipinski definition) is 6. The third-order valence-electron chi connectivity index (χ3n) is 6.46. The maximum Gasteiger partial charge on any atom is 0.306 e. The van der Waals surface area contributed by atoms with Crippen LogP contribution in [-0.4, -0.2) is 46.8 Å². The molecule has 1 aliphatic rings. The van der Waals surface area contributed by atoms with Crippen LogP contribution in [0, 0.1) is 5.92 Å². The largest absolute Gasteiger partial charge is 0.481 e. The van der Waals surface area contributed by atoms with E-state index in [1.165, 1.54) is 6.26 Å². The van der Waals surface area contributed by atoms with Gasteiger partial charge in [0.1, 0.15) is 6.10 Å². The number of sulfone groups is 1. The van der Waals surface area contributed by atoms with Crippen molar-refractivity contribution in [1.29, 1.82) is 0 Å². The third-order valence-corrected chi connectivity index (χ3v) is 7.86. The average molecular weight is 526 g/mol. The van der Waals surface area contributed by atoms with Gasteiger partial charge in [-0.05, 0) is 55.0 Å². The van der Waals surface area contributed by atoms with E-state index in [0.717, 1.165) is 16.7 Å². The van der Waals surface area contributed by atoms with Crippen LogP contribution < -0.4 is 4.74 Å². The van der Waals surface area contributed by atoms with Crippen LogP contribution in [0.3, 0.4) is 0 Å². The van der Waals surface area contributed by atoms with Crippen molar-refractivity contribution in [1.82, 2.24) is 15.0 Å². The van der Waals surface area contributed by atoms with Gasteiger partial charge >= 0.3 is 5.97 Å². The van der Waals surface area contributed by atoms with Crippen LogP contribution in [0.1, 0.15) is 25.7 Å². The Balaban J connectivity index is 1.36. The van der Waals surface area contributed by atoms with Crippen molar-refractivity contribution < 1.29 is 23.1 Å². The second-order valence-electron chi connectivity index (χ2n) is 9.04. The molecule has 0 amide bonds. The minimum Gasteiger partial charge on any atom is -0.481 e. The smallest absolute Gasteiger partial charge is 0.306 e. The normalized spacial score (nSPS) is 18.3. The number of fused-ring (bicyclic) bond motifs is 1. The Kier molecular flexibility index (Phi) is 6.44. The highest BCUT2D eigenvalue weighted by molar-refractivity contribution is 7.90. The van der Waals surface area contributed by atoms with Crippen molar-refractivity contribution in [3.63, 3.8) is 0 Å². The number of halogens is 1. The highest BCUT2D eigenvalue weighted by Gasteiger charge is 2.27. The topological polar surface area (TPSA) is 122 Å². The number of carboxylic acids is 1. The molecule has 186 valence electrons. The number of hydrogen-bond donors (Lipinski definition) is 2. The molecule has 10 heteroatoms. The lowest BCUT2D eigenvalue weighted by atomic mass is 9.87. The lowest BCUT2D eigenvalue weighted by Crippen LogP contribution is -2.28. The zero-order valence-corrected chi connectivity index (χ0v) is 21.0. The first kappa shape index (κ1) is 24.3. The number of nitrogens with zero attached hydrogens (tertiary/aromatic N) is 2. The van der Waals surface area contributed by atoms with Gasteiger partial charge in [-0.1, -0.05) is 48.0 Å². The number of imidazole rings is 1. The first-order chi connectivity index (χ1) is 17.2. The van der Waals surface area contributed by atoms with Crippen LogP contribution in [-0.2, 0) is 14.6 Å². The summed E-state index contributed by atoms with van der Waals surface area (Å²) in [4.78, 5) is 23.6. The van der Waals surface area contributed by atoms with E-state index in [-0.39, 0.29) is 16.9 Å². The third kappa shape index (κ3) is 5.08. The molecular weight excluding hydrogens is 502 g/mol. The van der Waals surface area contributed by atoms with Crippen LogP contribution in [0.5, 0.6) is 6.01 Å². The molecule has 5 rings (SSSR count). The van der Waals surface area contributed by atoms with Crippen LogP contribution in [0.2, 0.25) is 5.02 Å². The molecule has 36 heavy (non-hydrogen) atoms. The Morgan fingerprint density at radius 1 is 1.00 bits per heavy atom. The number of aromatic amines is 1. The van der Waals surface area contributed by atoms with Gasteiger partial charge in [0.2, 0.25) is 0 Å². The van der Waals surface area contributed by atoms with Gasteiger partial charge in [-0.3, -0.25) is 4.79 Å². The van der Waals surface area contributed by atoms with Gasteiger partial charge in [-0.2, -0.15) is 4.98 Å². The summed E-state index contributed by atoms with van der Waals surface area (Å²) in [5, 5.41) is 9.62. The molecule has 2 heterocycles. The summed E-state index contributed by atoms with van der Waals surface area (Å²) in [5.74, 6) is -1.06. The molecule has 0 saturated heterocycles. The second-order valence-corrected chi connectivity index (χ2v) is 11.5. The molecule has 4 aromatic rings. The van der Waals surface area contributed by atoms with E-state index >= 15 is 0 Å². The predicted octanol–water partition coefficient (Wildman–Crippen LogP) is 5.37. The van der Waals surface area contributed by atoms with Crippen molar-refractivity contribution in [2.45, 2.75) is 36.7 Å². The zero-order chi connectivity index (χ0) is 25.4. The monoisotopic (exact) mass is 525 g/mol. The number of aliphatic carboxylic acids is 1. The summed E-state index contributed by atoms with van der Waals surface area (Å²) in [7, 11) is -3.30. The maximum absolute atomic E-state index is 11.9. The Bertz CT molecular complexity index is 1540. The SMILES string of the molecule is CS(=O)(=O)c1cccc(-c2ccc(-c3nc4nc(OC5CCC(C(=O)O)CC5)[nH]c4cc3Cl)cc2)c1. The molecule has 0 unspecified atom stereocenters. The summed E-state index contributed by atoms with van der Waals surface area (Å²) in [6.07, 6.45) is 3.59. The molecule has 1 saturated carbocycles. The molecule has 0 bridgehead atoms. The molecule has 0 radical (unpaired) electrons. The highest BCUT2D eigenvalue weighted by atomic mass is 35.5. The summed E-state index contributed by atoms with van der Waals surface area (Å²) in [6.45, 7) is 0. The van der Waals surface area contributed by atoms with Gasteiger partial charge in [-0.25, -0.2) is 13.4 Å². The van der Waals surface area contributed by atoms with E-state index in [9.17, 15) is 13.2 Å². The van der Waals surface area contributed by atoms with Gasteiger partial charge in [0.25, 0.3) is 6.01 Å². The quantitative estimate of drug-likeness (QED) is 0.347. The fraction of sp³-hybridized carbons (Fsp3) is 0.269. The number of rotatable bonds is 6. The van der Waals surface area contributed by atoms with E-state index in [4.69, 9.17) is 21.4 Å². The van der Waals surface area contributed by atoms with Crippen LogP contribution in [0.4, 0.5) is 0 Å². The van der Waals surface area contributed by atoms with Crippen molar-refractivity contribution in [3.8, 4) is 28.4 Å². The molecule has 8 nitrogen and oxygen atoms in total. The number of carbonyl (C=O) groups is 1. The predicted molar refractivity (Wildman–Crippen MR) is 137 cm³/mol. The lowest BCUT2D eigenvalue weighted by Gasteiger charge is -2.25. The van der Waals surface area contributed by atoms with Crippen LogP contribution >= 0.6 is 11.6 Å². The van der Waals surface area contributed by atoms with Gasteiger partial charge < -0.3 is 14.8 Å². The summed E-state index contributed by atoms with van der Waals surface area (Å²) < 4.78 is 29.7. The fourth-order valence-electron chi connectivity index (χ4n) is 4.47. The van der Waals surface area contributed by atoms with Crippen LogP contribution in [0.15, 0.2) is 59.5 Å². The standard InChI is InChI=1S/C26H24ClN3O5S/c1-36(33,34)20-4-2-3-18(13-20)15-5-7-16(8-6-15)23-21(27)14-22-24(29-23)30-26(28-22)35-19-11-9-17(10-12-19)25(31)32/h2-8,13-14,17,19H,9-12H2,1H3,(H,31,32)(H,28,29,30). The number of pyridine rings is 1. The van der Waals surface area contributed by atoms with Crippen molar-refractivity contribution in [3.05, 3.63) is 59.6 Å². The maximum atomic E-state index is 11.9. The molecule has 2 aromatic heterocycles. The van der Waals surface area contributed by atoms with Crippen molar-refractivity contribution in [2.24, 2.45) is 5.92 Å². The summed E-state index contributed by atoms with van der Waals surface area (Å²) >= 11 is 6.54. The number of H-pyrrole nitrogens is 1. The Morgan fingerprint density at radius 2 is 1.69 bits per heavy atom. The molecular formula is C26H24ClN3O5S. The minimum atomic E-state index is -3.30. The zero-order valence-electron chi connectivity index (χ0n) is 19.4. The number of nitrogens with one attached hydrogen (secondary N) is 1. The first-order valence-corrected chi connectivity index (χ1v) is 13.8. The van der Waals surface area contributed by atoms with Crippen LogP contribution in [0.25, 0.3) is 33.5 Å². The Hall–Kier alpha value is -3.43. The molecule has 0 atom stereocenters. The Morgan fingerprint density at radius 3 is 2.36 bits per heavy atom. The summed E-state index contributed by atoms with van der Waals surface area (Å²) in [5.41, 5.74) is 4.14. The summed E-state index contributed by atoms with van der Waals surface area (Å²) in [6, 6.07) is 16.5.